The lowest BCUT2D eigenvalue weighted by molar-refractivity contribution is -0.0779. The summed E-state index contributed by atoms with van der Waals surface area (Å²) in [7, 11) is 0. The third-order valence-electron chi connectivity index (χ3n) is 3.98. The molecule has 1 aromatic heterocycles. The van der Waals surface area contributed by atoms with Crippen LogP contribution in [0.3, 0.4) is 0 Å². The largest absolute Gasteiger partial charge is 0.369 e. The number of rotatable bonds is 3. The number of ether oxygens (including phenoxy) is 1. The van der Waals surface area contributed by atoms with Crippen LogP contribution >= 0.6 is 0 Å². The zero-order valence-electron chi connectivity index (χ0n) is 12.5. The highest BCUT2D eigenvalue weighted by molar-refractivity contribution is 5.22. The van der Waals surface area contributed by atoms with E-state index in [1.54, 1.807) is 0 Å². The fourth-order valence-corrected chi connectivity index (χ4v) is 3.32. The minimum Gasteiger partial charge on any atom is -0.369 e. The van der Waals surface area contributed by atoms with Gasteiger partial charge in [0.1, 0.15) is 0 Å². The van der Waals surface area contributed by atoms with Crippen molar-refractivity contribution in [3.63, 3.8) is 0 Å². The number of nitrogens with zero attached hydrogens (tertiary/aromatic N) is 1. The molecule has 2 unspecified atom stereocenters. The number of pyridine rings is 1. The first-order valence-corrected chi connectivity index (χ1v) is 6.83. The van der Waals surface area contributed by atoms with E-state index in [4.69, 9.17) is 10.6 Å². The number of hydrogen-bond donors (Lipinski definition) is 2. The van der Waals surface area contributed by atoms with Crippen LogP contribution in [0.15, 0.2) is 18.5 Å². The molecule has 1 fully saturated rings. The van der Waals surface area contributed by atoms with Gasteiger partial charge in [0.15, 0.2) is 0 Å². The fourth-order valence-electron chi connectivity index (χ4n) is 3.32. The Labute approximate surface area is 115 Å². The van der Waals surface area contributed by atoms with Crippen LogP contribution in [0.1, 0.15) is 51.3 Å². The summed E-state index contributed by atoms with van der Waals surface area (Å²) in [4.78, 5) is 4.27. The molecule has 2 rings (SSSR count). The van der Waals surface area contributed by atoms with E-state index in [-0.39, 0.29) is 17.2 Å². The highest BCUT2D eigenvalue weighted by Gasteiger charge is 2.49. The van der Waals surface area contributed by atoms with Crippen molar-refractivity contribution in [2.45, 2.75) is 58.3 Å². The molecule has 4 heteroatoms. The van der Waals surface area contributed by atoms with Crippen molar-refractivity contribution in [2.24, 2.45) is 11.8 Å². The quantitative estimate of drug-likeness (QED) is 0.650. The smallest absolute Gasteiger partial charge is 0.0681 e. The highest BCUT2D eigenvalue weighted by atomic mass is 16.5. The number of hydrazine groups is 1. The van der Waals surface area contributed by atoms with E-state index in [0.29, 0.717) is 5.92 Å². The molecule has 1 aliphatic rings. The number of nitrogens with two attached hydrogens (primary N) is 1. The lowest BCUT2D eigenvalue weighted by atomic mass is 9.79. The number of aryl methyl sites for hydroxylation is 1. The van der Waals surface area contributed by atoms with Crippen molar-refractivity contribution in [1.29, 1.82) is 0 Å². The van der Waals surface area contributed by atoms with E-state index >= 15 is 0 Å². The Morgan fingerprint density at radius 1 is 1.37 bits per heavy atom. The minimum absolute atomic E-state index is 0.0594. The van der Waals surface area contributed by atoms with Crippen LogP contribution in [0.25, 0.3) is 0 Å². The first-order valence-electron chi connectivity index (χ1n) is 6.83. The van der Waals surface area contributed by atoms with Crippen molar-refractivity contribution in [2.75, 3.05) is 0 Å². The molecule has 1 saturated heterocycles. The lowest BCUT2D eigenvalue weighted by Gasteiger charge is -2.32. The van der Waals surface area contributed by atoms with E-state index in [0.717, 1.165) is 17.5 Å². The summed E-state index contributed by atoms with van der Waals surface area (Å²) in [6, 6.07) is 2.20. The second-order valence-electron chi connectivity index (χ2n) is 6.72. The Bertz CT molecular complexity index is 456. The molecule has 0 saturated carbocycles. The van der Waals surface area contributed by atoms with Gasteiger partial charge in [0.25, 0.3) is 0 Å². The molecule has 1 aromatic rings. The van der Waals surface area contributed by atoms with Crippen LogP contribution in [0.5, 0.6) is 0 Å². The van der Waals surface area contributed by atoms with Gasteiger partial charge in [0.05, 0.1) is 17.2 Å². The second-order valence-corrected chi connectivity index (χ2v) is 6.72. The van der Waals surface area contributed by atoms with E-state index < -0.39 is 0 Å². The molecule has 3 N–H and O–H groups in total. The molecule has 4 nitrogen and oxygen atoms in total. The molecule has 2 atom stereocenters. The highest BCUT2D eigenvalue weighted by Crippen LogP contribution is 2.47. The molecule has 0 spiro atoms. The van der Waals surface area contributed by atoms with Gasteiger partial charge in [-0.2, -0.15) is 0 Å². The Morgan fingerprint density at radius 3 is 2.53 bits per heavy atom. The van der Waals surface area contributed by atoms with E-state index in [2.05, 4.69) is 44.2 Å². The number of aromatic nitrogens is 1. The molecule has 0 radical (unpaired) electrons. The average Bonchev–Trinajstić information content (AvgIpc) is 2.48. The predicted octanol–water partition coefficient (Wildman–Crippen LogP) is 2.49. The fraction of sp³-hybridized carbons (Fsp3) is 0.667. The maximum absolute atomic E-state index is 6.17. The van der Waals surface area contributed by atoms with Crippen molar-refractivity contribution in [3.05, 3.63) is 29.6 Å². The van der Waals surface area contributed by atoms with E-state index in [1.165, 1.54) is 0 Å². The first kappa shape index (κ1) is 14.4. The van der Waals surface area contributed by atoms with Gasteiger partial charge in [-0.3, -0.25) is 16.3 Å². The van der Waals surface area contributed by atoms with Gasteiger partial charge in [-0.15, -0.1) is 0 Å². The zero-order valence-corrected chi connectivity index (χ0v) is 12.5. The number of hydrogen-bond acceptors (Lipinski definition) is 4. The van der Waals surface area contributed by atoms with Gasteiger partial charge >= 0.3 is 0 Å². The van der Waals surface area contributed by atoms with Crippen LogP contribution in [0.2, 0.25) is 0 Å². The standard InChI is InChI=1S/C15H25N3O/c1-10-6-11(9-17-8-10)13(18-16)12-7-14(2,3)19-15(12,4)5/h6,8-9,12-13,18H,7,16H2,1-5H3. The van der Waals surface area contributed by atoms with Crippen molar-refractivity contribution in [3.8, 4) is 0 Å². The summed E-state index contributed by atoms with van der Waals surface area (Å²) in [6.45, 7) is 10.6. The topological polar surface area (TPSA) is 60.2 Å². The molecule has 2 heterocycles. The summed E-state index contributed by atoms with van der Waals surface area (Å²) in [5, 5.41) is 0. The maximum Gasteiger partial charge on any atom is 0.0681 e. The third-order valence-corrected chi connectivity index (χ3v) is 3.98. The molecule has 106 valence electrons. The molecule has 0 bridgehead atoms. The lowest BCUT2D eigenvalue weighted by Crippen LogP contribution is -2.41. The van der Waals surface area contributed by atoms with Gasteiger partial charge in [-0.05, 0) is 52.2 Å². The minimum atomic E-state index is -0.204. The molecule has 19 heavy (non-hydrogen) atoms. The maximum atomic E-state index is 6.17. The Hall–Kier alpha value is -0.970. The van der Waals surface area contributed by atoms with Gasteiger partial charge in [0, 0.05) is 18.3 Å². The molecule has 0 amide bonds. The van der Waals surface area contributed by atoms with Crippen molar-refractivity contribution >= 4 is 0 Å². The summed E-state index contributed by atoms with van der Waals surface area (Å²) >= 11 is 0. The normalized spacial score (nSPS) is 26.3. The van der Waals surface area contributed by atoms with E-state index in [9.17, 15) is 0 Å². The Morgan fingerprint density at radius 2 is 2.05 bits per heavy atom. The van der Waals surface area contributed by atoms with Gasteiger partial charge in [-0.1, -0.05) is 6.07 Å². The molecular weight excluding hydrogens is 238 g/mol. The van der Waals surface area contributed by atoms with Gasteiger partial charge < -0.3 is 4.74 Å². The van der Waals surface area contributed by atoms with Crippen molar-refractivity contribution < 1.29 is 4.74 Å². The van der Waals surface area contributed by atoms with Crippen LogP contribution in [-0.2, 0) is 4.74 Å². The second kappa shape index (κ2) is 4.85. The Balaban J connectivity index is 2.32. The number of nitrogens with one attached hydrogen (secondary N) is 1. The third kappa shape index (κ3) is 2.96. The summed E-state index contributed by atoms with van der Waals surface area (Å²) < 4.78 is 6.17. The Kier molecular flexibility index (Phi) is 3.69. The van der Waals surface area contributed by atoms with Crippen LogP contribution in [-0.4, -0.2) is 16.2 Å². The monoisotopic (exact) mass is 263 g/mol. The van der Waals surface area contributed by atoms with Gasteiger partial charge in [0.2, 0.25) is 0 Å². The average molecular weight is 263 g/mol. The predicted molar refractivity (Wildman–Crippen MR) is 76.4 cm³/mol. The van der Waals surface area contributed by atoms with Crippen LogP contribution in [0.4, 0.5) is 0 Å². The van der Waals surface area contributed by atoms with Crippen molar-refractivity contribution in [1.82, 2.24) is 10.4 Å². The van der Waals surface area contributed by atoms with Gasteiger partial charge in [-0.25, -0.2) is 0 Å². The zero-order chi connectivity index (χ0) is 14.3. The first-order chi connectivity index (χ1) is 8.75. The van der Waals surface area contributed by atoms with Crippen LogP contribution in [0, 0.1) is 12.8 Å². The van der Waals surface area contributed by atoms with E-state index in [1.807, 2.05) is 19.3 Å². The molecule has 1 aliphatic heterocycles. The molecular formula is C15H25N3O. The summed E-state index contributed by atoms with van der Waals surface area (Å²) in [5.74, 6) is 6.13. The SMILES string of the molecule is Cc1cncc(C(NN)C2CC(C)(C)OC2(C)C)c1. The van der Waals surface area contributed by atoms with Crippen LogP contribution < -0.4 is 11.3 Å². The summed E-state index contributed by atoms with van der Waals surface area (Å²) in [5.41, 5.74) is 4.92. The summed E-state index contributed by atoms with van der Waals surface area (Å²) in [6.07, 6.45) is 4.72. The molecule has 0 aliphatic carbocycles. The molecule has 0 aromatic carbocycles.